The molecule has 15 heavy (non-hydrogen) atoms. The predicted molar refractivity (Wildman–Crippen MR) is 60.8 cm³/mol. The molecule has 1 aromatic heterocycles. The van der Waals surface area contributed by atoms with Gasteiger partial charge in [0.15, 0.2) is 6.29 Å². The number of H-pyrrole nitrogens is 1. The van der Waals surface area contributed by atoms with E-state index in [9.17, 15) is 4.79 Å². The van der Waals surface area contributed by atoms with Crippen molar-refractivity contribution in [1.82, 2.24) is 4.98 Å². The number of hydrogen-bond acceptors (Lipinski definition) is 1. The summed E-state index contributed by atoms with van der Waals surface area (Å²) in [5.41, 5.74) is 3.39. The number of rotatable bonds is 3. The second-order valence-electron chi connectivity index (χ2n) is 3.29. The number of aromatic nitrogens is 1. The zero-order valence-corrected chi connectivity index (χ0v) is 8.23. The standard InChI is InChI=1S/C13H11NO/c1-10(11-5-3-2-4-6-11)13-8-7-12(9-15)14-13/h2-9,14H,1H2. The highest BCUT2D eigenvalue weighted by Crippen LogP contribution is 2.19. The molecule has 2 aromatic rings. The monoisotopic (exact) mass is 197 g/mol. The quantitative estimate of drug-likeness (QED) is 0.754. The number of benzene rings is 1. The normalized spacial score (nSPS) is 9.87. The van der Waals surface area contributed by atoms with Gasteiger partial charge in [-0.1, -0.05) is 36.9 Å². The van der Waals surface area contributed by atoms with Crippen molar-refractivity contribution in [2.45, 2.75) is 0 Å². The maximum atomic E-state index is 10.5. The van der Waals surface area contributed by atoms with Crippen LogP contribution >= 0.6 is 0 Å². The average Bonchev–Trinajstić information content (AvgIpc) is 2.78. The Hall–Kier alpha value is -2.09. The van der Waals surface area contributed by atoms with Crippen LogP contribution in [0.25, 0.3) is 5.57 Å². The molecule has 0 bridgehead atoms. The van der Waals surface area contributed by atoms with Crippen LogP contribution < -0.4 is 0 Å². The van der Waals surface area contributed by atoms with E-state index in [1.807, 2.05) is 36.4 Å². The summed E-state index contributed by atoms with van der Waals surface area (Å²) in [6.45, 7) is 4.00. The highest BCUT2D eigenvalue weighted by molar-refractivity contribution is 5.79. The summed E-state index contributed by atoms with van der Waals surface area (Å²) in [5, 5.41) is 0. The van der Waals surface area contributed by atoms with Crippen molar-refractivity contribution in [3.8, 4) is 0 Å². The van der Waals surface area contributed by atoms with Crippen molar-refractivity contribution in [1.29, 1.82) is 0 Å². The molecule has 2 nitrogen and oxygen atoms in total. The van der Waals surface area contributed by atoms with Gasteiger partial charge >= 0.3 is 0 Å². The maximum absolute atomic E-state index is 10.5. The fourth-order valence-corrected chi connectivity index (χ4v) is 1.45. The third kappa shape index (κ3) is 1.89. The van der Waals surface area contributed by atoms with Crippen molar-refractivity contribution >= 4 is 11.9 Å². The summed E-state index contributed by atoms with van der Waals surface area (Å²) in [4.78, 5) is 13.5. The van der Waals surface area contributed by atoms with Crippen LogP contribution in [0.1, 0.15) is 21.7 Å². The van der Waals surface area contributed by atoms with Gasteiger partial charge in [0, 0.05) is 5.69 Å². The molecule has 0 atom stereocenters. The summed E-state index contributed by atoms with van der Waals surface area (Å²) >= 11 is 0. The molecule has 0 spiro atoms. The van der Waals surface area contributed by atoms with Crippen molar-refractivity contribution in [2.75, 3.05) is 0 Å². The van der Waals surface area contributed by atoms with E-state index < -0.39 is 0 Å². The Bertz CT molecular complexity index is 482. The van der Waals surface area contributed by atoms with Crippen LogP contribution in [0.2, 0.25) is 0 Å². The minimum absolute atomic E-state index is 0.571. The Morgan fingerprint density at radius 2 is 1.87 bits per heavy atom. The molecule has 0 fully saturated rings. The summed E-state index contributed by atoms with van der Waals surface area (Å²) in [5.74, 6) is 0. The number of aromatic amines is 1. The zero-order chi connectivity index (χ0) is 10.7. The molecule has 0 aliphatic rings. The summed E-state index contributed by atoms with van der Waals surface area (Å²) in [7, 11) is 0. The van der Waals surface area contributed by atoms with Crippen LogP contribution in [0.15, 0.2) is 49.0 Å². The van der Waals surface area contributed by atoms with E-state index in [2.05, 4.69) is 11.6 Å². The lowest BCUT2D eigenvalue weighted by atomic mass is 10.1. The first-order valence-electron chi connectivity index (χ1n) is 4.70. The van der Waals surface area contributed by atoms with Crippen molar-refractivity contribution < 1.29 is 4.79 Å². The molecule has 74 valence electrons. The molecule has 2 rings (SSSR count). The van der Waals surface area contributed by atoms with Gasteiger partial charge < -0.3 is 4.98 Å². The van der Waals surface area contributed by atoms with E-state index in [0.717, 1.165) is 23.1 Å². The molecule has 0 aliphatic carbocycles. The number of carbonyl (C=O) groups excluding carboxylic acids is 1. The Kier molecular flexibility index (Phi) is 2.50. The van der Waals surface area contributed by atoms with Crippen LogP contribution in [-0.2, 0) is 0 Å². The molecule has 1 heterocycles. The second-order valence-corrected chi connectivity index (χ2v) is 3.29. The van der Waals surface area contributed by atoms with E-state index in [0.29, 0.717) is 5.69 Å². The van der Waals surface area contributed by atoms with E-state index in [-0.39, 0.29) is 0 Å². The number of hydrogen-bond donors (Lipinski definition) is 1. The van der Waals surface area contributed by atoms with Gasteiger partial charge in [0.05, 0.1) is 5.69 Å². The van der Waals surface area contributed by atoms with E-state index >= 15 is 0 Å². The van der Waals surface area contributed by atoms with Crippen molar-refractivity contribution in [2.24, 2.45) is 0 Å². The fraction of sp³-hybridized carbons (Fsp3) is 0. The fourth-order valence-electron chi connectivity index (χ4n) is 1.45. The highest BCUT2D eigenvalue weighted by atomic mass is 16.1. The van der Waals surface area contributed by atoms with Gasteiger partial charge in [0.2, 0.25) is 0 Å². The lowest BCUT2D eigenvalue weighted by Crippen LogP contribution is -1.86. The van der Waals surface area contributed by atoms with Crippen LogP contribution in [0.3, 0.4) is 0 Å². The Morgan fingerprint density at radius 1 is 1.13 bits per heavy atom. The molecule has 0 unspecified atom stereocenters. The maximum Gasteiger partial charge on any atom is 0.166 e. The van der Waals surface area contributed by atoms with E-state index in [1.165, 1.54) is 0 Å². The number of aldehydes is 1. The van der Waals surface area contributed by atoms with Gasteiger partial charge in [0.1, 0.15) is 0 Å². The topological polar surface area (TPSA) is 32.9 Å². The molecule has 1 N–H and O–H groups in total. The highest BCUT2D eigenvalue weighted by Gasteiger charge is 2.03. The SMILES string of the molecule is C=C(c1ccccc1)c1ccc(C=O)[nH]1. The first kappa shape index (κ1) is 9.46. The van der Waals surface area contributed by atoms with Gasteiger partial charge in [-0.3, -0.25) is 4.79 Å². The third-order valence-corrected chi connectivity index (χ3v) is 2.28. The van der Waals surface area contributed by atoms with Crippen LogP contribution in [0.5, 0.6) is 0 Å². The minimum Gasteiger partial charge on any atom is -0.352 e. The minimum atomic E-state index is 0.571. The molecule has 1 aromatic carbocycles. The second kappa shape index (κ2) is 3.96. The molecule has 0 aliphatic heterocycles. The van der Waals surface area contributed by atoms with E-state index in [4.69, 9.17) is 0 Å². The third-order valence-electron chi connectivity index (χ3n) is 2.28. The van der Waals surface area contributed by atoms with Gasteiger partial charge in [-0.2, -0.15) is 0 Å². The van der Waals surface area contributed by atoms with Crippen molar-refractivity contribution in [3.05, 3.63) is 66.0 Å². The first-order chi connectivity index (χ1) is 7.31. The molecule has 0 radical (unpaired) electrons. The summed E-state index contributed by atoms with van der Waals surface area (Å²) in [6.07, 6.45) is 0.793. The molecule has 0 saturated carbocycles. The first-order valence-corrected chi connectivity index (χ1v) is 4.70. The summed E-state index contributed by atoms with van der Waals surface area (Å²) in [6, 6.07) is 13.5. The molecule has 2 heteroatoms. The summed E-state index contributed by atoms with van der Waals surface area (Å²) < 4.78 is 0. The molecule has 0 saturated heterocycles. The molecule has 0 amide bonds. The van der Waals surface area contributed by atoms with Gasteiger partial charge in [-0.15, -0.1) is 0 Å². The molecular formula is C13H11NO. The van der Waals surface area contributed by atoms with Crippen LogP contribution in [0, 0.1) is 0 Å². The van der Waals surface area contributed by atoms with E-state index in [1.54, 1.807) is 6.07 Å². The number of nitrogens with one attached hydrogen (secondary N) is 1. The lowest BCUT2D eigenvalue weighted by molar-refractivity contribution is 0.111. The average molecular weight is 197 g/mol. The smallest absolute Gasteiger partial charge is 0.166 e. The predicted octanol–water partition coefficient (Wildman–Crippen LogP) is 2.89. The Balaban J connectivity index is 2.32. The van der Waals surface area contributed by atoms with Gasteiger partial charge in [-0.25, -0.2) is 0 Å². The molecular weight excluding hydrogens is 186 g/mol. The number of carbonyl (C=O) groups is 1. The van der Waals surface area contributed by atoms with Crippen LogP contribution in [-0.4, -0.2) is 11.3 Å². The van der Waals surface area contributed by atoms with Gasteiger partial charge in [0.25, 0.3) is 0 Å². The largest absolute Gasteiger partial charge is 0.352 e. The zero-order valence-electron chi connectivity index (χ0n) is 8.23. The Morgan fingerprint density at radius 3 is 2.47 bits per heavy atom. The van der Waals surface area contributed by atoms with Crippen molar-refractivity contribution in [3.63, 3.8) is 0 Å². The van der Waals surface area contributed by atoms with Crippen LogP contribution in [0.4, 0.5) is 0 Å². The Labute approximate surface area is 88.3 Å². The van der Waals surface area contributed by atoms with Gasteiger partial charge in [-0.05, 0) is 23.3 Å². The lowest BCUT2D eigenvalue weighted by Gasteiger charge is -2.02.